The summed E-state index contributed by atoms with van der Waals surface area (Å²) in [7, 11) is 0. The molecule has 0 bridgehead atoms. The van der Waals surface area contributed by atoms with Crippen molar-refractivity contribution in [3.63, 3.8) is 0 Å². The minimum absolute atomic E-state index is 0.0334. The molecule has 4 atom stereocenters. The molecule has 0 aromatic heterocycles. The van der Waals surface area contributed by atoms with Crippen LogP contribution in [0.3, 0.4) is 0 Å². The summed E-state index contributed by atoms with van der Waals surface area (Å²) in [4.78, 5) is 47.1. The molecule has 0 unspecified atom stereocenters. The van der Waals surface area contributed by atoms with E-state index in [0.29, 0.717) is 19.3 Å². The quantitative estimate of drug-likeness (QED) is 0.179. The molecule has 8 nitrogen and oxygen atoms in total. The normalized spacial score (nSPS) is 23.9. The molecule has 1 saturated heterocycles. The third kappa shape index (κ3) is 6.18. The second-order valence-corrected chi connectivity index (χ2v) is 8.43. The van der Waals surface area contributed by atoms with Crippen molar-refractivity contribution in [2.24, 2.45) is 17.8 Å². The molecule has 1 heterocycles. The van der Waals surface area contributed by atoms with Gasteiger partial charge in [-0.1, -0.05) is 27.4 Å². The summed E-state index contributed by atoms with van der Waals surface area (Å²) < 4.78 is 21.6. The summed E-state index contributed by atoms with van der Waals surface area (Å²) in [6.45, 7) is 12.3. The van der Waals surface area contributed by atoms with Crippen LogP contribution in [-0.2, 0) is 38.1 Å². The molecule has 0 amide bonds. The second kappa shape index (κ2) is 10.6. The Kier molecular flexibility index (Phi) is 8.42. The van der Waals surface area contributed by atoms with Gasteiger partial charge in [0.25, 0.3) is 0 Å². The van der Waals surface area contributed by atoms with E-state index >= 15 is 0 Å². The number of carbonyl (C=O) groups excluding carboxylic acids is 4. The van der Waals surface area contributed by atoms with Crippen molar-refractivity contribution in [3.05, 3.63) is 23.3 Å². The minimum atomic E-state index is -0.730. The summed E-state index contributed by atoms with van der Waals surface area (Å²) in [5, 5.41) is 0. The van der Waals surface area contributed by atoms with Crippen LogP contribution in [0.5, 0.6) is 0 Å². The largest absolute Gasteiger partial charge is 0.466 e. The highest BCUT2D eigenvalue weighted by atomic mass is 16.6. The van der Waals surface area contributed by atoms with Crippen molar-refractivity contribution in [1.82, 2.24) is 0 Å². The third-order valence-corrected chi connectivity index (χ3v) is 5.58. The van der Waals surface area contributed by atoms with Crippen LogP contribution in [0.1, 0.15) is 53.9 Å². The lowest BCUT2D eigenvalue weighted by Crippen LogP contribution is -2.41. The fraction of sp³-hybridized carbons (Fsp3) is 0.652. The van der Waals surface area contributed by atoms with Crippen LogP contribution in [0.4, 0.5) is 0 Å². The van der Waals surface area contributed by atoms with Gasteiger partial charge in [0.2, 0.25) is 0 Å². The van der Waals surface area contributed by atoms with Gasteiger partial charge in [-0.3, -0.25) is 14.4 Å². The molecule has 0 N–H and O–H groups in total. The lowest BCUT2D eigenvalue weighted by Gasteiger charge is -2.38. The number of esters is 4. The zero-order valence-electron chi connectivity index (χ0n) is 18.9. The zero-order valence-corrected chi connectivity index (χ0v) is 18.9. The molecule has 0 aromatic carbocycles. The number of carbonyl (C=O) groups is 4. The third-order valence-electron chi connectivity index (χ3n) is 5.58. The Morgan fingerprint density at radius 3 is 2.39 bits per heavy atom. The fourth-order valence-corrected chi connectivity index (χ4v) is 4.12. The first-order valence-corrected chi connectivity index (χ1v) is 10.6. The van der Waals surface area contributed by atoms with Gasteiger partial charge in [0.1, 0.15) is 18.8 Å². The average molecular weight is 437 g/mol. The number of ether oxygens (including phenoxy) is 4. The Labute approximate surface area is 182 Å². The summed E-state index contributed by atoms with van der Waals surface area (Å²) in [5.74, 6) is -2.51. The van der Waals surface area contributed by atoms with Crippen molar-refractivity contribution >= 4 is 23.9 Å². The highest BCUT2D eigenvalue weighted by Gasteiger charge is 2.50. The molecule has 172 valence electrons. The molecule has 1 fully saturated rings. The standard InChI is InChI=1S/C23H32O8/c1-12(2)22(26)29-11-17-10-18-20(14(4)23(27)31-18)21(30-16(6)25)19(17)13(3)8-7-9-28-15(5)24/h12-13,18,20-21H,4,7-11H2,1-3,5-6H3/t13-,18+,20-,21+/m0/s1. The summed E-state index contributed by atoms with van der Waals surface area (Å²) in [6, 6.07) is 0. The smallest absolute Gasteiger partial charge is 0.334 e. The second-order valence-electron chi connectivity index (χ2n) is 8.43. The van der Waals surface area contributed by atoms with Crippen molar-refractivity contribution < 1.29 is 38.1 Å². The van der Waals surface area contributed by atoms with Gasteiger partial charge in [-0.2, -0.15) is 0 Å². The van der Waals surface area contributed by atoms with Gasteiger partial charge in [-0.15, -0.1) is 0 Å². The molecule has 0 spiro atoms. The molecule has 1 aliphatic carbocycles. The first kappa shape index (κ1) is 24.6. The van der Waals surface area contributed by atoms with Gasteiger partial charge >= 0.3 is 23.9 Å². The van der Waals surface area contributed by atoms with Crippen molar-refractivity contribution in [1.29, 1.82) is 0 Å². The topological polar surface area (TPSA) is 105 Å². The monoisotopic (exact) mass is 436 g/mol. The lowest BCUT2D eigenvalue weighted by atomic mass is 9.73. The predicted octanol–water partition coefficient (Wildman–Crippen LogP) is 2.89. The van der Waals surface area contributed by atoms with Crippen LogP contribution in [0.25, 0.3) is 0 Å². The first-order valence-electron chi connectivity index (χ1n) is 10.6. The molecular formula is C23H32O8. The number of hydrogen-bond acceptors (Lipinski definition) is 8. The number of rotatable bonds is 9. The Morgan fingerprint density at radius 2 is 1.81 bits per heavy atom. The predicted molar refractivity (Wildman–Crippen MR) is 111 cm³/mol. The van der Waals surface area contributed by atoms with Crippen LogP contribution >= 0.6 is 0 Å². The maximum absolute atomic E-state index is 12.2. The minimum Gasteiger partial charge on any atom is -0.466 e. The van der Waals surface area contributed by atoms with Crippen molar-refractivity contribution in [3.8, 4) is 0 Å². The van der Waals surface area contributed by atoms with Crippen molar-refractivity contribution in [2.75, 3.05) is 13.2 Å². The molecule has 8 heteroatoms. The van der Waals surface area contributed by atoms with Crippen LogP contribution in [-0.4, -0.2) is 49.3 Å². The van der Waals surface area contributed by atoms with Gasteiger partial charge in [0, 0.05) is 25.8 Å². The average Bonchev–Trinajstić information content (AvgIpc) is 2.96. The fourth-order valence-electron chi connectivity index (χ4n) is 4.12. The summed E-state index contributed by atoms with van der Waals surface area (Å²) >= 11 is 0. The lowest BCUT2D eigenvalue weighted by molar-refractivity contribution is -0.151. The highest BCUT2D eigenvalue weighted by Crippen LogP contribution is 2.45. The van der Waals surface area contributed by atoms with Crippen LogP contribution in [0.2, 0.25) is 0 Å². The summed E-state index contributed by atoms with van der Waals surface area (Å²) in [6.07, 6.45) is 0.393. The Balaban J connectivity index is 2.35. The Bertz CT molecular complexity index is 778. The zero-order chi connectivity index (χ0) is 23.3. The van der Waals surface area contributed by atoms with Gasteiger partial charge in [-0.25, -0.2) is 4.79 Å². The van der Waals surface area contributed by atoms with Crippen LogP contribution in [0.15, 0.2) is 23.3 Å². The van der Waals surface area contributed by atoms with Gasteiger partial charge < -0.3 is 18.9 Å². The van der Waals surface area contributed by atoms with E-state index in [0.717, 1.165) is 11.1 Å². The van der Waals surface area contributed by atoms with E-state index in [2.05, 4.69) is 6.58 Å². The highest BCUT2D eigenvalue weighted by molar-refractivity contribution is 5.91. The maximum Gasteiger partial charge on any atom is 0.334 e. The molecular weight excluding hydrogens is 404 g/mol. The molecule has 31 heavy (non-hydrogen) atoms. The Hall–Kier alpha value is -2.64. The molecule has 2 rings (SSSR count). The van der Waals surface area contributed by atoms with E-state index in [-0.39, 0.29) is 42.6 Å². The van der Waals surface area contributed by atoms with Gasteiger partial charge in [-0.05, 0) is 29.9 Å². The van der Waals surface area contributed by atoms with Crippen molar-refractivity contribution in [2.45, 2.75) is 66.1 Å². The first-order chi connectivity index (χ1) is 14.5. The molecule has 0 saturated carbocycles. The van der Waals surface area contributed by atoms with E-state index in [9.17, 15) is 19.2 Å². The van der Waals surface area contributed by atoms with E-state index in [1.165, 1.54) is 13.8 Å². The SMILES string of the molecule is C=C1C(=O)O[C@@H]2CC(COC(=O)C(C)C)=C([C@@H](C)CCCOC(C)=O)[C@@H](OC(C)=O)[C@@H]12. The van der Waals surface area contributed by atoms with Crippen LogP contribution in [0, 0.1) is 17.8 Å². The molecule has 2 aliphatic rings. The molecule has 1 aliphatic heterocycles. The van der Waals surface area contributed by atoms with Gasteiger partial charge in [0.05, 0.1) is 18.4 Å². The van der Waals surface area contributed by atoms with E-state index in [4.69, 9.17) is 18.9 Å². The molecule has 0 aromatic rings. The van der Waals surface area contributed by atoms with E-state index < -0.39 is 30.1 Å². The number of fused-ring (bicyclic) bond motifs is 1. The van der Waals surface area contributed by atoms with Crippen LogP contribution < -0.4 is 0 Å². The number of hydrogen-bond donors (Lipinski definition) is 0. The van der Waals surface area contributed by atoms with E-state index in [1.807, 2.05) is 6.92 Å². The van der Waals surface area contributed by atoms with E-state index in [1.54, 1.807) is 13.8 Å². The van der Waals surface area contributed by atoms with Gasteiger partial charge in [0.15, 0.2) is 0 Å². The summed E-state index contributed by atoms with van der Waals surface area (Å²) in [5.41, 5.74) is 1.87. The maximum atomic E-state index is 12.2. The Morgan fingerprint density at radius 1 is 1.13 bits per heavy atom. The molecule has 0 radical (unpaired) electrons.